The van der Waals surface area contributed by atoms with Gasteiger partial charge >= 0.3 is 5.97 Å². The molecule has 11 N–H and O–H groups in total. The highest BCUT2D eigenvalue weighted by atomic mass is 16.4. The molecule has 0 aromatic heterocycles. The summed E-state index contributed by atoms with van der Waals surface area (Å²) in [4.78, 5) is 26.8. The summed E-state index contributed by atoms with van der Waals surface area (Å²) in [5, 5.41) is 46.1. The Labute approximate surface area is 132 Å². The zero-order valence-corrected chi connectivity index (χ0v) is 12.5. The van der Waals surface area contributed by atoms with Gasteiger partial charge in [-0.05, 0) is 12.8 Å². The van der Waals surface area contributed by atoms with Crippen LogP contribution in [0.1, 0.15) is 19.3 Å². The molecule has 4 atom stereocenters. The second kappa shape index (κ2) is 9.37. The number of carboxylic acid groups (broad SMARTS) is 1. The van der Waals surface area contributed by atoms with E-state index >= 15 is 0 Å². The van der Waals surface area contributed by atoms with Crippen LogP contribution in [-0.4, -0.2) is 80.2 Å². The molecule has 11 nitrogen and oxygen atoms in total. The van der Waals surface area contributed by atoms with Gasteiger partial charge in [0.2, 0.25) is 0 Å². The number of aliphatic hydroxyl groups is 4. The molecule has 0 unspecified atom stereocenters. The number of nitrogens with two attached hydrogens (primary N) is 3. The molecular weight excluding hydrogens is 312 g/mol. The first-order valence-electron chi connectivity index (χ1n) is 6.80. The number of carboxylic acids is 1. The predicted molar refractivity (Wildman–Crippen MR) is 79.2 cm³/mol. The van der Waals surface area contributed by atoms with E-state index in [9.17, 15) is 24.9 Å². The fourth-order valence-electron chi connectivity index (χ4n) is 1.80. The number of ketones is 1. The number of aliphatic carboxylic acids is 1. The number of hydrogen-bond donors (Lipinski definition) is 8. The van der Waals surface area contributed by atoms with Gasteiger partial charge in [-0.1, -0.05) is 0 Å². The van der Waals surface area contributed by atoms with E-state index in [0.717, 1.165) is 0 Å². The molecule has 0 aliphatic carbocycles. The van der Waals surface area contributed by atoms with E-state index in [1.54, 1.807) is 0 Å². The van der Waals surface area contributed by atoms with E-state index < -0.39 is 48.6 Å². The molecule has 0 heterocycles. The molecule has 0 rings (SSSR count). The van der Waals surface area contributed by atoms with E-state index in [4.69, 9.17) is 27.4 Å². The minimum absolute atomic E-state index is 0.108. The van der Waals surface area contributed by atoms with Gasteiger partial charge in [0.25, 0.3) is 0 Å². The molecule has 0 bridgehead atoms. The van der Waals surface area contributed by atoms with Gasteiger partial charge in [0.1, 0.15) is 23.9 Å². The lowest BCUT2D eigenvalue weighted by atomic mass is 9.86. The third-order valence-corrected chi connectivity index (χ3v) is 3.23. The molecule has 0 radical (unpaired) electrons. The molecule has 0 aliphatic rings. The molecule has 0 aromatic rings. The van der Waals surface area contributed by atoms with E-state index in [0.29, 0.717) is 0 Å². The second-order valence-electron chi connectivity index (χ2n) is 5.20. The Balaban J connectivity index is 4.81. The van der Waals surface area contributed by atoms with Crippen molar-refractivity contribution in [2.24, 2.45) is 22.2 Å². The third kappa shape index (κ3) is 6.88. The summed E-state index contributed by atoms with van der Waals surface area (Å²) in [6, 6.07) is 0. The first-order valence-corrected chi connectivity index (χ1v) is 6.80. The highest BCUT2D eigenvalue weighted by Gasteiger charge is 2.40. The van der Waals surface area contributed by atoms with Crippen molar-refractivity contribution in [2.75, 3.05) is 13.2 Å². The fraction of sp³-hybridized carbons (Fsp3) is 0.750. The highest BCUT2D eigenvalue weighted by Crippen LogP contribution is 2.18. The number of guanidine groups is 1. The molecule has 0 aliphatic heterocycles. The van der Waals surface area contributed by atoms with Crippen LogP contribution in [0.25, 0.3) is 0 Å². The largest absolute Gasteiger partial charge is 0.480 e. The van der Waals surface area contributed by atoms with Crippen molar-refractivity contribution in [3.8, 4) is 0 Å². The number of aliphatic hydroxyl groups excluding tert-OH is 4. The lowest BCUT2D eigenvalue weighted by Crippen LogP contribution is -2.53. The van der Waals surface area contributed by atoms with Crippen molar-refractivity contribution in [3.63, 3.8) is 0 Å². The SMILES string of the molecule is NC(N)=NCCC[C@@](N)(CC(=O)[C@@H](O)[C@H](O)[C@H](O)CO)C(=O)O. The Morgan fingerprint density at radius 2 is 1.74 bits per heavy atom. The lowest BCUT2D eigenvalue weighted by Gasteiger charge is -2.27. The Morgan fingerprint density at radius 3 is 2.17 bits per heavy atom. The number of aliphatic imine (C=N–C) groups is 1. The Bertz CT molecular complexity index is 441. The molecule has 0 saturated carbocycles. The van der Waals surface area contributed by atoms with Crippen molar-refractivity contribution >= 4 is 17.7 Å². The molecule has 23 heavy (non-hydrogen) atoms. The molecule has 0 amide bonds. The van der Waals surface area contributed by atoms with Gasteiger partial charge < -0.3 is 42.7 Å². The summed E-state index contributed by atoms with van der Waals surface area (Å²) in [5.41, 5.74) is 13.9. The standard InChI is InChI=1S/C12H24N4O7/c13-11(14)16-3-1-2-12(15,10(22)23)4-6(18)8(20)9(21)7(19)5-17/h7-9,17,19-21H,1-5,15H2,(H,22,23)(H4,13,14,16)/t7-,8-,9-,12-/m1/s1. The minimum atomic E-state index is -2.07. The second-order valence-corrected chi connectivity index (χ2v) is 5.20. The van der Waals surface area contributed by atoms with Crippen LogP contribution in [0.2, 0.25) is 0 Å². The van der Waals surface area contributed by atoms with Crippen LogP contribution in [0.4, 0.5) is 0 Å². The van der Waals surface area contributed by atoms with Crippen LogP contribution in [0.5, 0.6) is 0 Å². The van der Waals surface area contributed by atoms with Crippen molar-refractivity contribution < 1.29 is 35.1 Å². The highest BCUT2D eigenvalue weighted by molar-refractivity contribution is 5.91. The zero-order chi connectivity index (χ0) is 18.2. The van der Waals surface area contributed by atoms with Crippen LogP contribution in [-0.2, 0) is 9.59 Å². The van der Waals surface area contributed by atoms with Crippen LogP contribution in [0.15, 0.2) is 4.99 Å². The molecule has 0 aromatic carbocycles. The van der Waals surface area contributed by atoms with Gasteiger partial charge in [0.15, 0.2) is 11.7 Å². The summed E-state index contributed by atoms with van der Waals surface area (Å²) in [5.74, 6) is -2.72. The summed E-state index contributed by atoms with van der Waals surface area (Å²) >= 11 is 0. The van der Waals surface area contributed by atoms with E-state index in [1.165, 1.54) is 0 Å². The van der Waals surface area contributed by atoms with E-state index in [2.05, 4.69) is 4.99 Å². The van der Waals surface area contributed by atoms with Gasteiger partial charge in [-0.3, -0.25) is 14.6 Å². The van der Waals surface area contributed by atoms with Crippen LogP contribution < -0.4 is 17.2 Å². The van der Waals surface area contributed by atoms with Crippen LogP contribution >= 0.6 is 0 Å². The zero-order valence-electron chi connectivity index (χ0n) is 12.5. The molecule has 134 valence electrons. The Hall–Kier alpha value is -1.79. The summed E-state index contributed by atoms with van der Waals surface area (Å²) in [6.45, 7) is -0.770. The van der Waals surface area contributed by atoms with Crippen LogP contribution in [0.3, 0.4) is 0 Å². The van der Waals surface area contributed by atoms with Crippen LogP contribution in [0, 0.1) is 0 Å². The average Bonchev–Trinajstić information content (AvgIpc) is 2.48. The number of carbonyl (C=O) groups excluding carboxylic acids is 1. The van der Waals surface area contributed by atoms with Crippen molar-refractivity contribution in [3.05, 3.63) is 0 Å². The number of carbonyl (C=O) groups is 2. The fourth-order valence-corrected chi connectivity index (χ4v) is 1.80. The summed E-state index contributed by atoms with van der Waals surface area (Å²) in [6.07, 6.45) is -6.53. The molecule has 11 heteroatoms. The number of rotatable bonds is 11. The molecule has 0 fully saturated rings. The monoisotopic (exact) mass is 336 g/mol. The van der Waals surface area contributed by atoms with Crippen molar-refractivity contribution in [2.45, 2.75) is 43.1 Å². The first-order chi connectivity index (χ1) is 10.5. The topological polar surface area (TPSA) is 226 Å². The summed E-state index contributed by atoms with van der Waals surface area (Å²) < 4.78 is 0. The van der Waals surface area contributed by atoms with Gasteiger partial charge in [-0.25, -0.2) is 0 Å². The molecule has 0 saturated heterocycles. The number of nitrogens with zero attached hydrogens (tertiary/aromatic N) is 1. The third-order valence-electron chi connectivity index (χ3n) is 3.23. The smallest absolute Gasteiger partial charge is 0.324 e. The normalized spacial score (nSPS) is 17.6. The maximum absolute atomic E-state index is 11.9. The van der Waals surface area contributed by atoms with Crippen molar-refractivity contribution in [1.82, 2.24) is 0 Å². The predicted octanol–water partition coefficient (Wildman–Crippen LogP) is -4.14. The average molecular weight is 336 g/mol. The Morgan fingerprint density at radius 1 is 1.17 bits per heavy atom. The number of Topliss-reactive ketones (excluding diaryl/α,β-unsaturated/α-hetero) is 1. The maximum atomic E-state index is 11.9. The summed E-state index contributed by atoms with van der Waals surface area (Å²) in [7, 11) is 0. The Kier molecular flexibility index (Phi) is 8.64. The van der Waals surface area contributed by atoms with Gasteiger partial charge in [0.05, 0.1) is 6.61 Å². The van der Waals surface area contributed by atoms with Gasteiger partial charge in [-0.2, -0.15) is 0 Å². The van der Waals surface area contributed by atoms with E-state index in [-0.39, 0.29) is 25.3 Å². The van der Waals surface area contributed by atoms with Gasteiger partial charge in [-0.15, -0.1) is 0 Å². The molecular formula is C12H24N4O7. The number of hydrogen-bond acceptors (Lipinski definition) is 8. The quantitative estimate of drug-likeness (QED) is 0.103. The molecule has 0 spiro atoms. The minimum Gasteiger partial charge on any atom is -0.480 e. The van der Waals surface area contributed by atoms with E-state index in [1.807, 2.05) is 0 Å². The first kappa shape index (κ1) is 21.2. The lowest BCUT2D eigenvalue weighted by molar-refractivity contribution is -0.150. The van der Waals surface area contributed by atoms with Crippen molar-refractivity contribution in [1.29, 1.82) is 0 Å². The van der Waals surface area contributed by atoms with Gasteiger partial charge in [0, 0.05) is 13.0 Å². The maximum Gasteiger partial charge on any atom is 0.324 e.